The van der Waals surface area contributed by atoms with Gasteiger partial charge in [-0.25, -0.2) is 0 Å². The molecule has 0 saturated carbocycles. The molecule has 48 valence electrons. The molecule has 2 nitrogen and oxygen atoms in total. The summed E-state index contributed by atoms with van der Waals surface area (Å²) in [7, 11) is 2.20. The van der Waals surface area contributed by atoms with Crippen molar-refractivity contribution in [3.63, 3.8) is 0 Å². The Morgan fingerprint density at radius 1 is 1.62 bits per heavy atom. The fourth-order valence-corrected chi connectivity index (χ4v) is 1.76. The van der Waals surface area contributed by atoms with Crippen LogP contribution in [0.1, 0.15) is 6.42 Å². The maximum Gasteiger partial charge on any atom is 0.0350 e. The van der Waals surface area contributed by atoms with Crippen molar-refractivity contribution in [3.8, 4) is 0 Å². The van der Waals surface area contributed by atoms with Crippen molar-refractivity contribution in [2.45, 2.75) is 6.42 Å². The van der Waals surface area contributed by atoms with Gasteiger partial charge in [0.25, 0.3) is 0 Å². The van der Waals surface area contributed by atoms with Gasteiger partial charge in [0.2, 0.25) is 0 Å². The maximum absolute atomic E-state index is 4.13. The van der Waals surface area contributed by atoms with Crippen LogP contribution in [0, 0.1) is 0 Å². The first kappa shape index (κ1) is 7.85. The van der Waals surface area contributed by atoms with E-state index in [1.807, 2.05) is 7.05 Å². The van der Waals surface area contributed by atoms with Crippen molar-refractivity contribution in [1.82, 2.24) is 0 Å². The monoisotopic (exact) mass is 133 g/mol. The van der Waals surface area contributed by atoms with E-state index in [9.17, 15) is 0 Å². The molecule has 1 aliphatic rings. The topological polar surface area (TPSA) is 43.9 Å². The number of hydrogen-bond donors (Lipinski definition) is 0. The summed E-state index contributed by atoms with van der Waals surface area (Å²) in [4.78, 5) is 0. The Morgan fingerprint density at radius 3 is 2.62 bits per heavy atom. The second-order valence-electron chi connectivity index (χ2n) is 1.45. The molecule has 0 aromatic heterocycles. The van der Waals surface area contributed by atoms with Gasteiger partial charge in [0.15, 0.2) is 0 Å². The zero-order valence-electron chi connectivity index (χ0n) is 4.92. The highest BCUT2D eigenvalue weighted by molar-refractivity contribution is 7.90. The Labute approximate surface area is 52.0 Å². The lowest BCUT2D eigenvalue weighted by Gasteiger charge is -1.85. The summed E-state index contributed by atoms with van der Waals surface area (Å²) in [6.07, 6.45) is 3.44. The fourth-order valence-electron chi connectivity index (χ4n) is 0.588. The Kier molecular flexibility index (Phi) is 3.73. The maximum atomic E-state index is 4.13. The first-order chi connectivity index (χ1) is 3.43. The molecule has 0 unspecified atom stereocenters. The molecule has 0 aromatic carbocycles. The Hall–Kier alpha value is -0.150. The van der Waals surface area contributed by atoms with Crippen molar-refractivity contribution < 1.29 is 5.48 Å². The Bertz CT molecular complexity index is 117. The minimum atomic E-state index is 0. The van der Waals surface area contributed by atoms with Crippen molar-refractivity contribution in [3.05, 3.63) is 11.5 Å². The number of hydrogen-bond acceptors (Lipinski definition) is 1. The second kappa shape index (κ2) is 3.80. The lowest BCUT2D eigenvalue weighted by Crippen LogP contribution is -1.81. The van der Waals surface area contributed by atoms with Crippen LogP contribution in [0.5, 0.6) is 0 Å². The van der Waals surface area contributed by atoms with E-state index >= 15 is 0 Å². The van der Waals surface area contributed by atoms with Gasteiger partial charge in [-0.05, 0) is 11.8 Å². The van der Waals surface area contributed by atoms with Gasteiger partial charge < -0.3 is 5.48 Å². The van der Waals surface area contributed by atoms with Crippen molar-refractivity contribution in [2.75, 3.05) is 12.8 Å². The molecule has 1 rings (SSSR count). The summed E-state index contributed by atoms with van der Waals surface area (Å²) in [5, 5.41) is 2.19. The molecule has 2 N–H and O–H groups in total. The largest absolute Gasteiger partial charge is 0.412 e. The van der Waals surface area contributed by atoms with Gasteiger partial charge in [0.1, 0.15) is 0 Å². The second-order valence-corrected chi connectivity index (χ2v) is 3.30. The Balaban J connectivity index is 0.000000490. The van der Waals surface area contributed by atoms with Crippen molar-refractivity contribution in [1.29, 1.82) is 0 Å². The number of nitrogens with zero attached hydrogens (tertiary/aromatic N) is 1. The zero-order chi connectivity index (χ0) is 5.11. The minimum Gasteiger partial charge on any atom is -0.412 e. The summed E-state index contributed by atoms with van der Waals surface area (Å²) >= 11 is 0. The molecule has 1 atom stereocenters. The molecular formula is C5H11NOS. The van der Waals surface area contributed by atoms with E-state index in [0.717, 1.165) is 0 Å². The van der Waals surface area contributed by atoms with Gasteiger partial charge in [0.05, 0.1) is 0 Å². The molecule has 1 aliphatic heterocycles. The summed E-state index contributed by atoms with van der Waals surface area (Å²) in [6.45, 7) is 0. The highest BCUT2D eigenvalue weighted by Gasteiger charge is 1.94. The smallest absolute Gasteiger partial charge is 0.0350 e. The molecule has 0 radical (unpaired) electrons. The van der Waals surface area contributed by atoms with Gasteiger partial charge in [-0.3, -0.25) is 4.36 Å². The SMILES string of the molecule is CN=[S@@]1C=CCC1.O. The standard InChI is InChI=1S/C5H9NS.H2O/c1-6-7-4-2-3-5-7;/h2,4H,3,5H2,1H3;1H2/t7-;/m1./s1. The quantitative estimate of drug-likeness (QED) is 0.462. The third kappa shape index (κ3) is 1.76. The van der Waals surface area contributed by atoms with Gasteiger partial charge in [0, 0.05) is 12.8 Å². The van der Waals surface area contributed by atoms with E-state index in [4.69, 9.17) is 0 Å². The molecule has 0 amide bonds. The molecule has 0 aliphatic carbocycles. The van der Waals surface area contributed by atoms with Crippen LogP contribution >= 0.6 is 0 Å². The van der Waals surface area contributed by atoms with E-state index in [0.29, 0.717) is 10.7 Å². The van der Waals surface area contributed by atoms with Gasteiger partial charge in [-0.2, -0.15) is 0 Å². The van der Waals surface area contributed by atoms with Crippen LogP contribution in [0.3, 0.4) is 0 Å². The summed E-state index contributed by atoms with van der Waals surface area (Å²) in [5.41, 5.74) is 0. The van der Waals surface area contributed by atoms with Crippen LogP contribution in [0.2, 0.25) is 0 Å². The van der Waals surface area contributed by atoms with Gasteiger partial charge in [-0.1, -0.05) is 16.8 Å². The third-order valence-electron chi connectivity index (χ3n) is 0.981. The molecule has 0 fully saturated rings. The molecule has 1 heterocycles. The van der Waals surface area contributed by atoms with Crippen molar-refractivity contribution >= 4 is 10.7 Å². The number of allylic oxidation sites excluding steroid dienone is 1. The van der Waals surface area contributed by atoms with Gasteiger partial charge in [-0.15, -0.1) is 0 Å². The van der Waals surface area contributed by atoms with Crippen LogP contribution in [0.4, 0.5) is 0 Å². The minimum absolute atomic E-state index is 0. The molecule has 8 heavy (non-hydrogen) atoms. The molecule has 0 bridgehead atoms. The molecule has 0 saturated heterocycles. The number of rotatable bonds is 0. The lowest BCUT2D eigenvalue weighted by molar-refractivity contribution is 0.824. The first-order valence-corrected chi connectivity index (χ1v) is 3.81. The first-order valence-electron chi connectivity index (χ1n) is 2.40. The third-order valence-corrected chi connectivity index (χ3v) is 2.61. The predicted molar refractivity (Wildman–Crippen MR) is 38.0 cm³/mol. The van der Waals surface area contributed by atoms with Crippen LogP contribution in [-0.2, 0) is 10.7 Å². The average molecular weight is 133 g/mol. The highest BCUT2D eigenvalue weighted by Crippen LogP contribution is 2.02. The summed E-state index contributed by atoms with van der Waals surface area (Å²) in [6, 6.07) is 0. The summed E-state index contributed by atoms with van der Waals surface area (Å²) in [5.74, 6) is 1.26. The molecular weight excluding hydrogens is 122 g/mol. The molecule has 0 spiro atoms. The van der Waals surface area contributed by atoms with E-state index in [1.165, 1.54) is 12.2 Å². The van der Waals surface area contributed by atoms with Crippen molar-refractivity contribution in [2.24, 2.45) is 4.36 Å². The zero-order valence-corrected chi connectivity index (χ0v) is 5.74. The van der Waals surface area contributed by atoms with Crippen LogP contribution in [-0.4, -0.2) is 18.3 Å². The van der Waals surface area contributed by atoms with E-state index in [2.05, 4.69) is 15.8 Å². The normalized spacial score (nSPS) is 25.9. The fraction of sp³-hybridized carbons (Fsp3) is 0.600. The van der Waals surface area contributed by atoms with Crippen LogP contribution in [0.15, 0.2) is 15.8 Å². The summed E-state index contributed by atoms with van der Waals surface area (Å²) < 4.78 is 4.13. The molecule has 3 heteroatoms. The van der Waals surface area contributed by atoms with Gasteiger partial charge >= 0.3 is 0 Å². The predicted octanol–water partition coefficient (Wildman–Crippen LogP) is 0.511. The van der Waals surface area contributed by atoms with E-state index < -0.39 is 0 Å². The lowest BCUT2D eigenvalue weighted by atomic mass is 10.5. The Morgan fingerprint density at radius 2 is 2.38 bits per heavy atom. The highest BCUT2D eigenvalue weighted by atomic mass is 32.2. The van der Waals surface area contributed by atoms with E-state index in [-0.39, 0.29) is 5.48 Å². The van der Waals surface area contributed by atoms with Crippen LogP contribution in [0.25, 0.3) is 0 Å². The molecule has 0 aromatic rings. The van der Waals surface area contributed by atoms with E-state index in [1.54, 1.807) is 0 Å². The average Bonchev–Trinajstić information content (AvgIpc) is 2.14. The van der Waals surface area contributed by atoms with Crippen LogP contribution < -0.4 is 0 Å².